The molecule has 1 aliphatic heterocycles. The topological polar surface area (TPSA) is 28.2 Å². The third-order valence-corrected chi connectivity index (χ3v) is 3.22. The summed E-state index contributed by atoms with van der Waals surface area (Å²) in [7, 11) is 0. The largest absolute Gasteiger partial charge is 0.314 e. The number of hydrogen-bond donors (Lipinski definition) is 1. The summed E-state index contributed by atoms with van der Waals surface area (Å²) in [5.41, 5.74) is 0.457. The molecule has 0 amide bonds. The van der Waals surface area contributed by atoms with Gasteiger partial charge < -0.3 is 5.32 Å². The van der Waals surface area contributed by atoms with Crippen molar-refractivity contribution in [2.24, 2.45) is 0 Å². The minimum absolute atomic E-state index is 0.302. The first-order valence-corrected chi connectivity index (χ1v) is 5.90. The van der Waals surface area contributed by atoms with Crippen LogP contribution in [0.2, 0.25) is 5.02 Å². The first-order valence-electron chi connectivity index (χ1n) is 5.52. The van der Waals surface area contributed by atoms with E-state index >= 15 is 0 Å². The van der Waals surface area contributed by atoms with Crippen LogP contribution in [0.15, 0.2) is 18.5 Å². The Bertz CT molecular complexity index is 369. The zero-order valence-electron chi connectivity index (χ0n) is 9.24. The molecule has 0 unspecified atom stereocenters. The number of nitrogens with zero attached hydrogens (tertiary/aromatic N) is 2. The summed E-state index contributed by atoms with van der Waals surface area (Å²) in [6.45, 7) is 2.67. The van der Waals surface area contributed by atoms with Crippen molar-refractivity contribution < 1.29 is 8.78 Å². The minimum Gasteiger partial charge on any atom is -0.314 e. The monoisotopic (exact) mass is 261 g/mol. The number of rotatable bonds is 3. The van der Waals surface area contributed by atoms with Gasteiger partial charge in [-0.25, -0.2) is 8.78 Å². The fourth-order valence-electron chi connectivity index (χ4n) is 2.08. The summed E-state index contributed by atoms with van der Waals surface area (Å²) in [4.78, 5) is 5.59. The summed E-state index contributed by atoms with van der Waals surface area (Å²) in [5, 5.41) is 3.44. The van der Waals surface area contributed by atoms with Crippen molar-refractivity contribution in [3.63, 3.8) is 0 Å². The van der Waals surface area contributed by atoms with E-state index in [9.17, 15) is 8.78 Å². The summed E-state index contributed by atoms with van der Waals surface area (Å²) < 4.78 is 26.4. The number of pyridine rings is 1. The van der Waals surface area contributed by atoms with E-state index in [-0.39, 0.29) is 0 Å². The lowest BCUT2D eigenvalue weighted by atomic mass is 10.1. The van der Waals surface area contributed by atoms with Crippen molar-refractivity contribution >= 4 is 11.6 Å². The smallest absolute Gasteiger partial charge is 0.258 e. The van der Waals surface area contributed by atoms with E-state index in [1.807, 2.05) is 0 Å². The van der Waals surface area contributed by atoms with Gasteiger partial charge in [0.25, 0.3) is 6.43 Å². The lowest BCUT2D eigenvalue weighted by molar-refractivity contribution is 0.0182. The van der Waals surface area contributed by atoms with Gasteiger partial charge >= 0.3 is 0 Å². The van der Waals surface area contributed by atoms with E-state index in [0.717, 1.165) is 13.1 Å². The number of alkyl halides is 2. The number of hydrogen-bond acceptors (Lipinski definition) is 3. The highest BCUT2D eigenvalue weighted by Crippen LogP contribution is 2.31. The second-order valence-electron chi connectivity index (χ2n) is 3.96. The van der Waals surface area contributed by atoms with Crippen molar-refractivity contribution in [1.82, 2.24) is 15.2 Å². The van der Waals surface area contributed by atoms with E-state index in [1.165, 1.54) is 12.4 Å². The van der Waals surface area contributed by atoms with E-state index in [0.29, 0.717) is 23.7 Å². The van der Waals surface area contributed by atoms with Gasteiger partial charge in [-0.3, -0.25) is 9.88 Å². The maximum absolute atomic E-state index is 13.2. The van der Waals surface area contributed by atoms with Crippen LogP contribution in [-0.4, -0.2) is 42.5 Å². The van der Waals surface area contributed by atoms with Crippen molar-refractivity contribution in [3.8, 4) is 0 Å². The Morgan fingerprint density at radius 3 is 2.65 bits per heavy atom. The Balaban J connectivity index is 2.25. The summed E-state index contributed by atoms with van der Waals surface area (Å²) >= 11 is 5.94. The molecule has 0 bridgehead atoms. The molecular weight excluding hydrogens is 248 g/mol. The predicted molar refractivity (Wildman–Crippen MR) is 62.4 cm³/mol. The standard InChI is InChI=1S/C11H14ClF2N3/c12-9-7-16-2-1-8(9)10(11(13)14)17-5-3-15-4-6-17/h1-2,7,10-11,15H,3-6H2/t10-/m0/s1. The Labute approximate surface area is 104 Å². The molecule has 1 aromatic heterocycles. The van der Waals surface area contributed by atoms with Gasteiger partial charge in [-0.15, -0.1) is 0 Å². The minimum atomic E-state index is -2.45. The van der Waals surface area contributed by atoms with Crippen molar-refractivity contribution in [2.45, 2.75) is 12.5 Å². The van der Waals surface area contributed by atoms with Gasteiger partial charge in [-0.1, -0.05) is 11.6 Å². The zero-order valence-corrected chi connectivity index (χ0v) is 10.00. The SMILES string of the molecule is FC(F)[C@H](c1ccncc1Cl)N1CCNCC1. The molecule has 17 heavy (non-hydrogen) atoms. The molecule has 3 nitrogen and oxygen atoms in total. The first-order chi connectivity index (χ1) is 8.20. The van der Waals surface area contributed by atoms with Gasteiger partial charge in [0.2, 0.25) is 0 Å². The van der Waals surface area contributed by atoms with E-state index in [2.05, 4.69) is 10.3 Å². The lowest BCUT2D eigenvalue weighted by Crippen LogP contribution is -2.47. The molecule has 1 saturated heterocycles. The molecular formula is C11H14ClF2N3. The molecule has 0 saturated carbocycles. The van der Waals surface area contributed by atoms with Gasteiger partial charge in [0.1, 0.15) is 0 Å². The van der Waals surface area contributed by atoms with Crippen LogP contribution in [0.4, 0.5) is 8.78 Å². The molecule has 2 rings (SSSR count). The number of piperazine rings is 1. The number of nitrogens with one attached hydrogen (secondary N) is 1. The van der Waals surface area contributed by atoms with E-state index in [4.69, 9.17) is 11.6 Å². The van der Waals surface area contributed by atoms with E-state index in [1.54, 1.807) is 11.0 Å². The molecule has 1 aromatic rings. The molecule has 1 fully saturated rings. The molecule has 94 valence electrons. The van der Waals surface area contributed by atoms with Crippen molar-refractivity contribution in [3.05, 3.63) is 29.0 Å². The van der Waals surface area contributed by atoms with Gasteiger partial charge in [0.05, 0.1) is 11.1 Å². The Morgan fingerprint density at radius 2 is 2.06 bits per heavy atom. The third-order valence-electron chi connectivity index (χ3n) is 2.91. The maximum atomic E-state index is 13.2. The Hall–Kier alpha value is -0.780. The normalized spacial score (nSPS) is 19.5. The average molecular weight is 262 g/mol. The molecule has 1 aliphatic rings. The van der Waals surface area contributed by atoms with Gasteiger partial charge in [0.15, 0.2) is 0 Å². The second-order valence-corrected chi connectivity index (χ2v) is 4.37. The van der Waals surface area contributed by atoms with Gasteiger partial charge in [-0.05, 0) is 11.6 Å². The van der Waals surface area contributed by atoms with Crippen LogP contribution in [0.1, 0.15) is 11.6 Å². The molecule has 0 aromatic carbocycles. The van der Waals surface area contributed by atoms with Gasteiger partial charge in [-0.2, -0.15) is 0 Å². The number of halogens is 3. The molecule has 6 heteroatoms. The van der Waals surface area contributed by atoms with E-state index < -0.39 is 12.5 Å². The molecule has 2 heterocycles. The summed E-state index contributed by atoms with van der Waals surface area (Å²) in [6, 6.07) is 0.633. The average Bonchev–Trinajstić information content (AvgIpc) is 2.33. The highest BCUT2D eigenvalue weighted by atomic mass is 35.5. The molecule has 1 N–H and O–H groups in total. The van der Waals surface area contributed by atoms with Crippen LogP contribution in [-0.2, 0) is 0 Å². The van der Waals surface area contributed by atoms with Crippen LogP contribution >= 0.6 is 11.6 Å². The van der Waals surface area contributed by atoms with Crippen LogP contribution in [0.5, 0.6) is 0 Å². The lowest BCUT2D eigenvalue weighted by Gasteiger charge is -2.34. The Kier molecular flexibility index (Phi) is 4.25. The third kappa shape index (κ3) is 2.91. The Morgan fingerprint density at radius 1 is 1.35 bits per heavy atom. The van der Waals surface area contributed by atoms with Crippen LogP contribution in [0, 0.1) is 0 Å². The van der Waals surface area contributed by atoms with Crippen molar-refractivity contribution in [2.75, 3.05) is 26.2 Å². The van der Waals surface area contributed by atoms with Crippen LogP contribution in [0.25, 0.3) is 0 Å². The quantitative estimate of drug-likeness (QED) is 0.901. The fourth-order valence-corrected chi connectivity index (χ4v) is 2.31. The van der Waals surface area contributed by atoms with Gasteiger partial charge in [0, 0.05) is 38.6 Å². The van der Waals surface area contributed by atoms with Crippen LogP contribution < -0.4 is 5.32 Å². The molecule has 0 radical (unpaired) electrons. The maximum Gasteiger partial charge on any atom is 0.258 e. The van der Waals surface area contributed by atoms with Crippen molar-refractivity contribution in [1.29, 1.82) is 0 Å². The first kappa shape index (κ1) is 12.7. The fraction of sp³-hybridized carbons (Fsp3) is 0.545. The summed E-state index contributed by atoms with van der Waals surface area (Å²) in [6.07, 6.45) is 0.459. The molecule has 0 aliphatic carbocycles. The number of aromatic nitrogens is 1. The van der Waals surface area contributed by atoms with Crippen LogP contribution in [0.3, 0.4) is 0 Å². The zero-order chi connectivity index (χ0) is 12.3. The molecule has 0 spiro atoms. The predicted octanol–water partition coefficient (Wildman–Crippen LogP) is 1.95. The summed E-state index contributed by atoms with van der Waals surface area (Å²) in [5.74, 6) is 0. The second kappa shape index (κ2) is 5.71. The molecule has 1 atom stereocenters. The highest BCUT2D eigenvalue weighted by molar-refractivity contribution is 6.31. The highest BCUT2D eigenvalue weighted by Gasteiger charge is 2.31.